The second kappa shape index (κ2) is 8.06. The molecule has 8 heteroatoms. The number of halogens is 2. The summed E-state index contributed by atoms with van der Waals surface area (Å²) in [6, 6.07) is 6.73. The molecule has 1 saturated heterocycles. The van der Waals surface area contributed by atoms with E-state index in [4.69, 9.17) is 32.7 Å². The SMILES string of the molecule is O=C(CCl)Oc1ccccc1OCC1(C(=O)CCl)NCCS1. The Morgan fingerprint density at radius 1 is 1.23 bits per heavy atom. The van der Waals surface area contributed by atoms with Gasteiger partial charge in [-0.1, -0.05) is 12.1 Å². The number of alkyl halides is 2. The first-order valence-electron chi connectivity index (χ1n) is 6.58. The van der Waals surface area contributed by atoms with Crippen LogP contribution in [0.1, 0.15) is 0 Å². The van der Waals surface area contributed by atoms with Gasteiger partial charge in [0, 0.05) is 12.3 Å². The Balaban J connectivity index is 2.10. The molecule has 1 aromatic carbocycles. The summed E-state index contributed by atoms with van der Waals surface area (Å²) in [6.45, 7) is 0.804. The Morgan fingerprint density at radius 2 is 1.95 bits per heavy atom. The first kappa shape index (κ1) is 17.4. The molecule has 0 amide bonds. The van der Waals surface area contributed by atoms with Crippen LogP contribution in [0, 0.1) is 0 Å². The van der Waals surface area contributed by atoms with Gasteiger partial charge in [-0.05, 0) is 12.1 Å². The van der Waals surface area contributed by atoms with E-state index in [1.807, 2.05) is 0 Å². The Bertz CT molecular complexity index is 549. The van der Waals surface area contributed by atoms with Crippen LogP contribution >= 0.6 is 35.0 Å². The molecule has 1 unspecified atom stereocenters. The second-order valence-electron chi connectivity index (χ2n) is 4.50. The molecule has 1 atom stereocenters. The van der Waals surface area contributed by atoms with Crippen molar-refractivity contribution in [3.8, 4) is 11.5 Å². The van der Waals surface area contributed by atoms with Gasteiger partial charge in [-0.15, -0.1) is 35.0 Å². The summed E-state index contributed by atoms with van der Waals surface area (Å²) in [5.74, 6) is 0.396. The predicted octanol–water partition coefficient (Wildman–Crippen LogP) is 2.05. The lowest BCUT2D eigenvalue weighted by Gasteiger charge is -2.26. The average Bonchev–Trinajstić information content (AvgIpc) is 3.03. The van der Waals surface area contributed by atoms with Crippen LogP contribution in [0.3, 0.4) is 0 Å². The third kappa shape index (κ3) is 4.07. The quantitative estimate of drug-likeness (QED) is 0.454. The Kier molecular flexibility index (Phi) is 6.37. The van der Waals surface area contributed by atoms with Crippen LogP contribution in [-0.4, -0.2) is 47.3 Å². The number of para-hydroxylation sites is 2. The van der Waals surface area contributed by atoms with E-state index in [1.165, 1.54) is 11.8 Å². The standard InChI is InChI=1S/C14H15Cl2NO4S/c15-7-12(18)14(17-5-6-22-14)9-20-10-3-1-2-4-11(10)21-13(19)8-16/h1-4,17H,5-9H2. The minimum Gasteiger partial charge on any atom is -0.486 e. The van der Waals surface area contributed by atoms with Crippen LogP contribution in [0.2, 0.25) is 0 Å². The van der Waals surface area contributed by atoms with E-state index < -0.39 is 10.8 Å². The molecule has 0 aromatic heterocycles. The molecule has 0 bridgehead atoms. The number of nitrogens with one attached hydrogen (secondary N) is 1. The molecule has 0 radical (unpaired) electrons. The van der Waals surface area contributed by atoms with Gasteiger partial charge in [0.15, 0.2) is 22.2 Å². The average molecular weight is 364 g/mol. The number of carbonyl (C=O) groups excluding carboxylic acids is 2. The van der Waals surface area contributed by atoms with Crippen molar-refractivity contribution in [2.75, 3.05) is 30.7 Å². The van der Waals surface area contributed by atoms with Crippen LogP contribution < -0.4 is 14.8 Å². The third-order valence-corrected chi connectivity index (χ3v) is 4.90. The number of ketones is 1. The van der Waals surface area contributed by atoms with Crippen molar-refractivity contribution in [1.29, 1.82) is 0 Å². The fraction of sp³-hybridized carbons (Fsp3) is 0.429. The van der Waals surface area contributed by atoms with Crippen LogP contribution in [-0.2, 0) is 9.59 Å². The van der Waals surface area contributed by atoms with E-state index in [-0.39, 0.29) is 29.9 Å². The second-order valence-corrected chi connectivity index (χ2v) is 6.43. The van der Waals surface area contributed by atoms with E-state index >= 15 is 0 Å². The normalized spacial score (nSPS) is 20.6. The number of hydrogen-bond donors (Lipinski definition) is 1. The third-order valence-electron chi connectivity index (χ3n) is 3.05. The zero-order valence-corrected chi connectivity index (χ0v) is 14.0. The summed E-state index contributed by atoms with van der Waals surface area (Å²) in [5, 5.41) is 3.14. The van der Waals surface area contributed by atoms with Crippen molar-refractivity contribution >= 4 is 46.7 Å². The number of esters is 1. The molecule has 0 spiro atoms. The maximum Gasteiger partial charge on any atom is 0.326 e. The number of thioether (sulfide) groups is 1. The van der Waals surface area contributed by atoms with Crippen LogP contribution in [0.25, 0.3) is 0 Å². The van der Waals surface area contributed by atoms with E-state index in [2.05, 4.69) is 5.32 Å². The highest BCUT2D eigenvalue weighted by Gasteiger charge is 2.42. The maximum absolute atomic E-state index is 12.1. The molecule has 1 fully saturated rings. The lowest BCUT2D eigenvalue weighted by atomic mass is 10.2. The molecule has 1 heterocycles. The topological polar surface area (TPSA) is 64.6 Å². The molecule has 1 N–H and O–H groups in total. The van der Waals surface area contributed by atoms with Crippen molar-refractivity contribution in [3.63, 3.8) is 0 Å². The highest BCUT2D eigenvalue weighted by atomic mass is 35.5. The molecule has 5 nitrogen and oxygen atoms in total. The van der Waals surface area contributed by atoms with Gasteiger partial charge in [0.2, 0.25) is 0 Å². The number of rotatable bonds is 7. The van der Waals surface area contributed by atoms with Gasteiger partial charge < -0.3 is 9.47 Å². The molecule has 1 aliphatic rings. The Labute approximate surface area is 142 Å². The molecule has 1 aromatic rings. The lowest BCUT2D eigenvalue weighted by Crippen LogP contribution is -2.50. The molecule has 0 aliphatic carbocycles. The highest BCUT2D eigenvalue weighted by molar-refractivity contribution is 8.01. The summed E-state index contributed by atoms with van der Waals surface area (Å²) in [6.07, 6.45) is 0. The van der Waals surface area contributed by atoms with Crippen LogP contribution in [0.4, 0.5) is 0 Å². The van der Waals surface area contributed by atoms with Crippen molar-refractivity contribution < 1.29 is 19.1 Å². The van der Waals surface area contributed by atoms with Crippen molar-refractivity contribution in [2.45, 2.75) is 4.87 Å². The lowest BCUT2D eigenvalue weighted by molar-refractivity contribution is -0.131. The van der Waals surface area contributed by atoms with E-state index in [9.17, 15) is 9.59 Å². The molecule has 2 rings (SSSR count). The maximum atomic E-state index is 12.1. The molecule has 22 heavy (non-hydrogen) atoms. The summed E-state index contributed by atoms with van der Waals surface area (Å²) in [4.78, 5) is 22.5. The van der Waals surface area contributed by atoms with Crippen molar-refractivity contribution in [1.82, 2.24) is 5.32 Å². The number of Topliss-reactive ketones (excluding diaryl/α,β-unsaturated/α-hetero) is 1. The van der Waals surface area contributed by atoms with E-state index in [0.717, 1.165) is 5.75 Å². The first-order valence-corrected chi connectivity index (χ1v) is 8.63. The number of ether oxygens (including phenoxy) is 2. The molecule has 1 aliphatic heterocycles. The number of benzene rings is 1. The molecule has 0 saturated carbocycles. The van der Waals surface area contributed by atoms with Gasteiger partial charge in [-0.2, -0.15) is 0 Å². The Morgan fingerprint density at radius 3 is 2.55 bits per heavy atom. The molecular formula is C14H15Cl2NO4S. The Hall–Kier alpha value is -0.950. The fourth-order valence-corrected chi connectivity index (χ4v) is 3.47. The van der Waals surface area contributed by atoms with Gasteiger partial charge in [-0.3, -0.25) is 14.9 Å². The molecule has 120 valence electrons. The fourth-order valence-electron chi connectivity index (χ4n) is 1.97. The largest absolute Gasteiger partial charge is 0.486 e. The summed E-state index contributed by atoms with van der Waals surface area (Å²) >= 11 is 12.6. The zero-order chi connectivity index (χ0) is 16.0. The smallest absolute Gasteiger partial charge is 0.326 e. The van der Waals surface area contributed by atoms with Gasteiger partial charge in [0.25, 0.3) is 0 Å². The van der Waals surface area contributed by atoms with Gasteiger partial charge in [-0.25, -0.2) is 0 Å². The monoisotopic (exact) mass is 363 g/mol. The predicted molar refractivity (Wildman–Crippen MR) is 87.2 cm³/mol. The minimum absolute atomic E-state index is 0.0910. The number of hydrogen-bond acceptors (Lipinski definition) is 6. The van der Waals surface area contributed by atoms with Crippen LogP contribution in [0.5, 0.6) is 11.5 Å². The van der Waals surface area contributed by atoms with E-state index in [1.54, 1.807) is 24.3 Å². The number of carbonyl (C=O) groups is 2. The highest BCUT2D eigenvalue weighted by Crippen LogP contribution is 2.32. The summed E-state index contributed by atoms with van der Waals surface area (Å²) < 4.78 is 10.8. The van der Waals surface area contributed by atoms with Gasteiger partial charge in [0.05, 0.1) is 5.88 Å². The summed E-state index contributed by atoms with van der Waals surface area (Å²) in [5.41, 5.74) is 0. The van der Waals surface area contributed by atoms with Gasteiger partial charge >= 0.3 is 5.97 Å². The van der Waals surface area contributed by atoms with Crippen molar-refractivity contribution in [3.05, 3.63) is 24.3 Å². The minimum atomic E-state index is -0.856. The molecular weight excluding hydrogens is 349 g/mol. The zero-order valence-electron chi connectivity index (χ0n) is 11.6. The van der Waals surface area contributed by atoms with Gasteiger partial charge in [0.1, 0.15) is 12.5 Å². The van der Waals surface area contributed by atoms with Crippen molar-refractivity contribution in [2.24, 2.45) is 0 Å². The summed E-state index contributed by atoms with van der Waals surface area (Å²) in [7, 11) is 0. The van der Waals surface area contributed by atoms with E-state index in [0.29, 0.717) is 12.3 Å². The van der Waals surface area contributed by atoms with Crippen LogP contribution in [0.15, 0.2) is 24.3 Å². The first-order chi connectivity index (χ1) is 10.6.